The van der Waals surface area contributed by atoms with E-state index in [0.29, 0.717) is 23.0 Å². The largest absolute Gasteiger partial charge is 0.336 e. The first kappa shape index (κ1) is 26.2. The molecular formula is C27H34FN5O2S. The summed E-state index contributed by atoms with van der Waals surface area (Å²) in [6.45, 7) is 11.0. The molecule has 7 nitrogen and oxygen atoms in total. The fourth-order valence-electron chi connectivity index (χ4n) is 4.73. The molecule has 0 radical (unpaired) electrons. The molecule has 1 atom stereocenters. The summed E-state index contributed by atoms with van der Waals surface area (Å²) in [5.41, 5.74) is 2.28. The van der Waals surface area contributed by atoms with E-state index >= 15 is 0 Å². The number of hydrogen-bond donors (Lipinski definition) is 1. The van der Waals surface area contributed by atoms with Crippen LogP contribution in [0.2, 0.25) is 0 Å². The molecule has 192 valence electrons. The number of hydrogen-bond acceptors (Lipinski definition) is 5. The number of rotatable bonds is 9. The van der Waals surface area contributed by atoms with Crippen molar-refractivity contribution in [3.63, 3.8) is 0 Å². The van der Waals surface area contributed by atoms with Gasteiger partial charge in [-0.05, 0) is 75.1 Å². The van der Waals surface area contributed by atoms with E-state index in [1.807, 2.05) is 36.1 Å². The van der Waals surface area contributed by atoms with Gasteiger partial charge in [-0.3, -0.25) is 14.5 Å². The molecule has 2 aromatic carbocycles. The van der Waals surface area contributed by atoms with Crippen LogP contribution in [-0.4, -0.2) is 83.5 Å². The van der Waals surface area contributed by atoms with Crippen molar-refractivity contribution >= 4 is 40.5 Å². The minimum absolute atomic E-state index is 0.0338. The van der Waals surface area contributed by atoms with E-state index in [-0.39, 0.29) is 24.1 Å². The smallest absolute Gasteiger partial charge is 0.256 e. The Balaban J connectivity index is 1.44. The van der Waals surface area contributed by atoms with Gasteiger partial charge in [0.2, 0.25) is 5.91 Å². The van der Waals surface area contributed by atoms with E-state index < -0.39 is 6.04 Å². The summed E-state index contributed by atoms with van der Waals surface area (Å²) in [6, 6.07) is 12.6. The summed E-state index contributed by atoms with van der Waals surface area (Å²) in [4.78, 5) is 34.7. The SMILES string of the molecule is CCN1CCN(CCCN2C(=S)N(c3ccc(C)cc3)C(=O)[C@H]2CC(=O)Nc2ccc(F)cc2)CC1. The van der Waals surface area contributed by atoms with E-state index in [1.54, 1.807) is 4.90 Å². The van der Waals surface area contributed by atoms with Crippen molar-refractivity contribution in [2.24, 2.45) is 0 Å². The van der Waals surface area contributed by atoms with Crippen molar-refractivity contribution in [3.8, 4) is 0 Å². The summed E-state index contributed by atoms with van der Waals surface area (Å²) in [5.74, 6) is -0.885. The van der Waals surface area contributed by atoms with Crippen molar-refractivity contribution < 1.29 is 14.0 Å². The average molecular weight is 512 g/mol. The second kappa shape index (κ2) is 11.9. The number of halogens is 1. The normalized spacial score (nSPS) is 19.2. The van der Waals surface area contributed by atoms with Crippen LogP contribution in [0, 0.1) is 12.7 Å². The first-order valence-corrected chi connectivity index (χ1v) is 13.0. The number of aryl methyl sites for hydroxylation is 1. The first-order chi connectivity index (χ1) is 17.4. The quantitative estimate of drug-likeness (QED) is 0.520. The molecule has 36 heavy (non-hydrogen) atoms. The zero-order valence-electron chi connectivity index (χ0n) is 21.0. The van der Waals surface area contributed by atoms with Crippen LogP contribution in [0.1, 0.15) is 25.3 Å². The Morgan fingerprint density at radius 3 is 2.28 bits per heavy atom. The molecule has 2 fully saturated rings. The lowest BCUT2D eigenvalue weighted by atomic mass is 10.1. The Kier molecular flexibility index (Phi) is 8.66. The van der Waals surface area contributed by atoms with Gasteiger partial charge in [0.05, 0.1) is 12.1 Å². The van der Waals surface area contributed by atoms with Crippen molar-refractivity contribution in [3.05, 3.63) is 59.9 Å². The van der Waals surface area contributed by atoms with E-state index in [1.165, 1.54) is 24.3 Å². The van der Waals surface area contributed by atoms with Gasteiger partial charge in [0.15, 0.2) is 5.11 Å². The van der Waals surface area contributed by atoms with Gasteiger partial charge in [0, 0.05) is 38.4 Å². The Morgan fingerprint density at radius 1 is 1.00 bits per heavy atom. The number of carbonyl (C=O) groups excluding carboxylic acids is 2. The lowest BCUT2D eigenvalue weighted by Gasteiger charge is -2.34. The fourth-order valence-corrected chi connectivity index (χ4v) is 5.15. The highest BCUT2D eigenvalue weighted by Crippen LogP contribution is 2.28. The topological polar surface area (TPSA) is 59.1 Å². The molecule has 2 saturated heterocycles. The summed E-state index contributed by atoms with van der Waals surface area (Å²) < 4.78 is 13.2. The molecule has 1 N–H and O–H groups in total. The van der Waals surface area contributed by atoms with E-state index in [0.717, 1.165) is 51.3 Å². The van der Waals surface area contributed by atoms with Crippen LogP contribution < -0.4 is 10.2 Å². The third kappa shape index (κ3) is 6.27. The Hall–Kier alpha value is -2.88. The number of anilines is 2. The predicted octanol–water partition coefficient (Wildman–Crippen LogP) is 3.49. The van der Waals surface area contributed by atoms with E-state index in [4.69, 9.17) is 12.2 Å². The molecule has 2 heterocycles. The van der Waals surface area contributed by atoms with Gasteiger partial charge in [-0.15, -0.1) is 0 Å². The Morgan fingerprint density at radius 2 is 1.64 bits per heavy atom. The summed E-state index contributed by atoms with van der Waals surface area (Å²) in [5, 5.41) is 3.20. The maximum atomic E-state index is 13.5. The van der Waals surface area contributed by atoms with Crippen molar-refractivity contribution in [1.29, 1.82) is 0 Å². The number of benzene rings is 2. The number of likely N-dealkylation sites (N-methyl/N-ethyl adjacent to an activating group) is 1. The highest BCUT2D eigenvalue weighted by atomic mass is 32.1. The number of carbonyl (C=O) groups is 2. The van der Waals surface area contributed by atoms with Crippen LogP contribution in [0.25, 0.3) is 0 Å². The second-order valence-corrected chi connectivity index (χ2v) is 9.75. The minimum atomic E-state index is -0.684. The average Bonchev–Trinajstić information content (AvgIpc) is 3.10. The fraction of sp³-hybridized carbons (Fsp3) is 0.444. The molecular weight excluding hydrogens is 477 g/mol. The molecule has 4 rings (SSSR count). The van der Waals surface area contributed by atoms with Crippen LogP contribution >= 0.6 is 12.2 Å². The molecule has 9 heteroatoms. The maximum Gasteiger partial charge on any atom is 0.256 e. The highest BCUT2D eigenvalue weighted by Gasteiger charge is 2.43. The molecule has 0 aromatic heterocycles. The number of thiocarbonyl (C=S) groups is 1. The van der Waals surface area contributed by atoms with Gasteiger partial charge in [0.25, 0.3) is 5.91 Å². The zero-order chi connectivity index (χ0) is 25.7. The third-order valence-corrected chi connectivity index (χ3v) is 7.32. The van der Waals surface area contributed by atoms with Crippen LogP contribution in [0.15, 0.2) is 48.5 Å². The van der Waals surface area contributed by atoms with Crippen molar-refractivity contribution in [2.45, 2.75) is 32.7 Å². The van der Waals surface area contributed by atoms with Crippen LogP contribution in [0.5, 0.6) is 0 Å². The highest BCUT2D eigenvalue weighted by molar-refractivity contribution is 7.80. The molecule has 0 spiro atoms. The van der Waals surface area contributed by atoms with Crippen LogP contribution in [0.3, 0.4) is 0 Å². The van der Waals surface area contributed by atoms with E-state index in [2.05, 4.69) is 22.0 Å². The van der Waals surface area contributed by atoms with Crippen molar-refractivity contribution in [2.75, 3.05) is 56.0 Å². The van der Waals surface area contributed by atoms with Crippen molar-refractivity contribution in [1.82, 2.24) is 14.7 Å². The van der Waals surface area contributed by atoms with Gasteiger partial charge in [-0.1, -0.05) is 24.6 Å². The standard InChI is InChI=1S/C27H34FN5O2S/c1-3-30-15-17-31(18-16-30)13-4-14-32-24(19-25(34)29-22-9-7-21(28)8-10-22)26(35)33(27(32)36)23-11-5-20(2)6-12-23/h5-12,24H,3-4,13-19H2,1-2H3,(H,29,34)/t24-/m1/s1. The van der Waals surface area contributed by atoms with Gasteiger partial charge < -0.3 is 20.0 Å². The first-order valence-electron chi connectivity index (χ1n) is 12.6. The lowest BCUT2D eigenvalue weighted by molar-refractivity contribution is -0.124. The third-order valence-electron chi connectivity index (χ3n) is 6.90. The molecule has 0 aliphatic carbocycles. The number of piperazine rings is 1. The zero-order valence-corrected chi connectivity index (χ0v) is 21.8. The number of amides is 2. The molecule has 2 aliphatic rings. The lowest BCUT2D eigenvalue weighted by Crippen LogP contribution is -2.47. The van der Waals surface area contributed by atoms with Crippen LogP contribution in [-0.2, 0) is 9.59 Å². The molecule has 2 amide bonds. The number of nitrogens with zero attached hydrogens (tertiary/aromatic N) is 4. The Bertz CT molecular complexity index is 1070. The maximum absolute atomic E-state index is 13.5. The van der Waals surface area contributed by atoms with Gasteiger partial charge in [0.1, 0.15) is 11.9 Å². The van der Waals surface area contributed by atoms with Gasteiger partial charge in [-0.25, -0.2) is 4.39 Å². The predicted molar refractivity (Wildman–Crippen MR) is 145 cm³/mol. The minimum Gasteiger partial charge on any atom is -0.336 e. The Labute approximate surface area is 217 Å². The molecule has 2 aliphatic heterocycles. The second-order valence-electron chi connectivity index (χ2n) is 9.39. The molecule has 0 bridgehead atoms. The molecule has 0 unspecified atom stereocenters. The summed E-state index contributed by atoms with van der Waals surface area (Å²) in [6.07, 6.45) is 0.811. The van der Waals surface area contributed by atoms with Gasteiger partial charge in [-0.2, -0.15) is 0 Å². The monoisotopic (exact) mass is 511 g/mol. The van der Waals surface area contributed by atoms with E-state index in [9.17, 15) is 14.0 Å². The summed E-state index contributed by atoms with van der Waals surface area (Å²) >= 11 is 5.77. The molecule has 0 saturated carbocycles. The van der Waals surface area contributed by atoms with Crippen LogP contribution in [0.4, 0.5) is 15.8 Å². The summed E-state index contributed by atoms with van der Waals surface area (Å²) in [7, 11) is 0. The van der Waals surface area contributed by atoms with Gasteiger partial charge >= 0.3 is 0 Å². The number of nitrogens with one attached hydrogen (secondary N) is 1. The molecule has 2 aromatic rings.